The molecular weight excluding hydrogens is 206 g/mol. The van der Waals surface area contributed by atoms with Crippen molar-refractivity contribution in [1.82, 2.24) is 10.3 Å². The molecule has 82 valence electrons. The molecule has 0 aliphatic rings. The molecule has 3 nitrogen and oxygen atoms in total. The minimum absolute atomic E-state index is 0.384. The van der Waals surface area contributed by atoms with Gasteiger partial charge in [-0.25, -0.2) is 4.98 Å². The van der Waals surface area contributed by atoms with E-state index in [1.807, 2.05) is 25.1 Å². The molecule has 15 heavy (non-hydrogen) atoms. The highest BCUT2D eigenvalue weighted by molar-refractivity contribution is 7.80. The topological polar surface area (TPSA) is 37.0 Å². The van der Waals surface area contributed by atoms with Crippen LogP contribution in [0.2, 0.25) is 0 Å². The smallest absolute Gasteiger partial charge is 0.172 e. The summed E-state index contributed by atoms with van der Waals surface area (Å²) in [4.78, 5) is 4.31. The molecule has 1 heterocycles. The molecule has 0 fully saturated rings. The quantitative estimate of drug-likeness (QED) is 0.772. The number of hydrogen-bond acceptors (Lipinski definition) is 2. The van der Waals surface area contributed by atoms with Crippen LogP contribution in [0.25, 0.3) is 0 Å². The van der Waals surface area contributed by atoms with E-state index in [9.17, 15) is 0 Å². The van der Waals surface area contributed by atoms with E-state index in [-0.39, 0.29) is 0 Å². The second-order valence-electron chi connectivity index (χ2n) is 3.57. The normalized spacial score (nSPS) is 11.9. The Labute approximate surface area is 96.3 Å². The maximum Gasteiger partial charge on any atom is 0.172 e. The molecule has 1 rings (SSSR count). The predicted octanol–water partition coefficient (Wildman–Crippen LogP) is 2.47. The highest BCUT2D eigenvalue weighted by Crippen LogP contribution is 2.03. The summed E-state index contributed by atoms with van der Waals surface area (Å²) in [6.45, 7) is 6.17. The lowest BCUT2D eigenvalue weighted by atomic mass is 10.3. The summed E-state index contributed by atoms with van der Waals surface area (Å²) in [5, 5.41) is 6.86. The number of nitrogens with zero attached hydrogens (tertiary/aromatic N) is 1. The van der Waals surface area contributed by atoms with Crippen molar-refractivity contribution in [3.8, 4) is 0 Å². The van der Waals surface area contributed by atoms with E-state index in [4.69, 9.17) is 12.2 Å². The molecule has 0 radical (unpaired) electrons. The first-order valence-corrected chi connectivity index (χ1v) is 5.53. The van der Waals surface area contributed by atoms with Crippen LogP contribution in [0, 0.1) is 6.92 Å². The zero-order valence-electron chi connectivity index (χ0n) is 9.37. The molecule has 0 unspecified atom stereocenters. The lowest BCUT2D eigenvalue weighted by Gasteiger charge is -2.14. The largest absolute Gasteiger partial charge is 0.360 e. The monoisotopic (exact) mass is 223 g/mol. The number of rotatable bonds is 3. The third-order valence-corrected chi connectivity index (χ3v) is 2.34. The molecule has 0 spiro atoms. The fraction of sp³-hybridized carbons (Fsp3) is 0.455. The summed E-state index contributed by atoms with van der Waals surface area (Å²) in [7, 11) is 0. The Hall–Kier alpha value is -1.16. The van der Waals surface area contributed by atoms with E-state index in [1.54, 1.807) is 0 Å². The second-order valence-corrected chi connectivity index (χ2v) is 3.98. The van der Waals surface area contributed by atoms with Crippen LogP contribution in [-0.4, -0.2) is 16.1 Å². The van der Waals surface area contributed by atoms with Gasteiger partial charge in [-0.1, -0.05) is 13.0 Å². The Bertz CT molecular complexity index is 338. The van der Waals surface area contributed by atoms with Gasteiger partial charge in [-0.2, -0.15) is 0 Å². The molecule has 0 saturated heterocycles. The summed E-state index contributed by atoms with van der Waals surface area (Å²) in [6.07, 6.45) is 1.04. The maximum absolute atomic E-state index is 5.16. The fourth-order valence-corrected chi connectivity index (χ4v) is 1.40. The van der Waals surface area contributed by atoms with Gasteiger partial charge in [-0.3, -0.25) is 0 Å². The van der Waals surface area contributed by atoms with Crippen molar-refractivity contribution in [2.75, 3.05) is 5.32 Å². The zero-order valence-corrected chi connectivity index (χ0v) is 10.2. The SMILES string of the molecule is CC[C@H](C)NC(=S)Nc1cccc(C)n1. The van der Waals surface area contributed by atoms with E-state index >= 15 is 0 Å². The number of aromatic nitrogens is 1. The van der Waals surface area contributed by atoms with Crippen LogP contribution < -0.4 is 10.6 Å². The molecular formula is C11H17N3S. The Morgan fingerprint density at radius 2 is 2.27 bits per heavy atom. The Kier molecular flexibility index (Phi) is 4.49. The van der Waals surface area contributed by atoms with Crippen molar-refractivity contribution in [2.45, 2.75) is 33.2 Å². The van der Waals surface area contributed by atoms with Crippen molar-refractivity contribution in [3.63, 3.8) is 0 Å². The number of aryl methyl sites for hydroxylation is 1. The average Bonchev–Trinajstić information content (AvgIpc) is 2.17. The van der Waals surface area contributed by atoms with E-state index in [1.165, 1.54) is 0 Å². The van der Waals surface area contributed by atoms with Gasteiger partial charge in [0.15, 0.2) is 5.11 Å². The Morgan fingerprint density at radius 1 is 1.53 bits per heavy atom. The number of hydrogen-bond donors (Lipinski definition) is 2. The van der Waals surface area contributed by atoms with Gasteiger partial charge in [0.2, 0.25) is 0 Å². The Balaban J connectivity index is 2.51. The highest BCUT2D eigenvalue weighted by atomic mass is 32.1. The van der Waals surface area contributed by atoms with E-state index in [2.05, 4.69) is 29.5 Å². The lowest BCUT2D eigenvalue weighted by molar-refractivity contribution is 0.646. The minimum atomic E-state index is 0.384. The summed E-state index contributed by atoms with van der Waals surface area (Å²) in [5.74, 6) is 0.788. The van der Waals surface area contributed by atoms with Crippen molar-refractivity contribution in [2.24, 2.45) is 0 Å². The van der Waals surface area contributed by atoms with Crippen LogP contribution in [0.4, 0.5) is 5.82 Å². The van der Waals surface area contributed by atoms with Crippen molar-refractivity contribution < 1.29 is 0 Å². The molecule has 1 aromatic heterocycles. The van der Waals surface area contributed by atoms with Gasteiger partial charge < -0.3 is 10.6 Å². The van der Waals surface area contributed by atoms with Crippen LogP contribution in [0.1, 0.15) is 26.0 Å². The highest BCUT2D eigenvalue weighted by Gasteiger charge is 2.02. The van der Waals surface area contributed by atoms with E-state index in [0.29, 0.717) is 11.2 Å². The van der Waals surface area contributed by atoms with Gasteiger partial charge in [0, 0.05) is 11.7 Å². The zero-order chi connectivity index (χ0) is 11.3. The van der Waals surface area contributed by atoms with Crippen LogP contribution in [-0.2, 0) is 0 Å². The van der Waals surface area contributed by atoms with Crippen molar-refractivity contribution in [1.29, 1.82) is 0 Å². The summed E-state index contributed by atoms with van der Waals surface area (Å²) in [6, 6.07) is 6.19. The maximum atomic E-state index is 5.16. The summed E-state index contributed by atoms with van der Waals surface area (Å²) >= 11 is 5.16. The van der Waals surface area contributed by atoms with Crippen LogP contribution in [0.5, 0.6) is 0 Å². The average molecular weight is 223 g/mol. The van der Waals surface area contributed by atoms with Gasteiger partial charge >= 0.3 is 0 Å². The van der Waals surface area contributed by atoms with E-state index < -0.39 is 0 Å². The van der Waals surface area contributed by atoms with Gasteiger partial charge in [-0.15, -0.1) is 0 Å². The third kappa shape index (κ3) is 4.25. The molecule has 4 heteroatoms. The van der Waals surface area contributed by atoms with E-state index in [0.717, 1.165) is 17.9 Å². The van der Waals surface area contributed by atoms with Gasteiger partial charge in [-0.05, 0) is 44.6 Å². The first kappa shape index (κ1) is 11.9. The van der Waals surface area contributed by atoms with Crippen LogP contribution in [0.3, 0.4) is 0 Å². The second kappa shape index (κ2) is 5.66. The molecule has 0 aliphatic carbocycles. The number of nitrogens with one attached hydrogen (secondary N) is 2. The van der Waals surface area contributed by atoms with Crippen LogP contribution >= 0.6 is 12.2 Å². The fourth-order valence-electron chi connectivity index (χ4n) is 1.09. The van der Waals surface area contributed by atoms with Crippen molar-refractivity contribution in [3.05, 3.63) is 23.9 Å². The van der Waals surface area contributed by atoms with Gasteiger partial charge in [0.25, 0.3) is 0 Å². The lowest BCUT2D eigenvalue weighted by Crippen LogP contribution is -2.35. The molecule has 0 aromatic carbocycles. The number of thiocarbonyl (C=S) groups is 1. The predicted molar refractivity (Wildman–Crippen MR) is 68.1 cm³/mol. The molecule has 0 bridgehead atoms. The number of pyridine rings is 1. The van der Waals surface area contributed by atoms with Gasteiger partial charge in [0.1, 0.15) is 5.82 Å². The Morgan fingerprint density at radius 3 is 2.87 bits per heavy atom. The first-order valence-electron chi connectivity index (χ1n) is 5.13. The van der Waals surface area contributed by atoms with Crippen molar-refractivity contribution >= 4 is 23.1 Å². The molecule has 1 atom stereocenters. The molecule has 1 aromatic rings. The molecule has 0 saturated carbocycles. The molecule has 0 amide bonds. The van der Waals surface area contributed by atoms with Crippen LogP contribution in [0.15, 0.2) is 18.2 Å². The standard InChI is InChI=1S/C11H17N3S/c1-4-8(2)13-11(15)14-10-7-5-6-9(3)12-10/h5-8H,4H2,1-3H3,(H2,12,13,14,15)/t8-/m0/s1. The molecule has 2 N–H and O–H groups in total. The minimum Gasteiger partial charge on any atom is -0.360 e. The summed E-state index contributed by atoms with van der Waals surface area (Å²) in [5.41, 5.74) is 0.978. The molecule has 0 aliphatic heterocycles. The number of anilines is 1. The van der Waals surface area contributed by atoms with Gasteiger partial charge in [0.05, 0.1) is 0 Å². The third-order valence-electron chi connectivity index (χ3n) is 2.12. The summed E-state index contributed by atoms with van der Waals surface area (Å²) < 4.78 is 0. The first-order chi connectivity index (χ1) is 7.11.